The van der Waals surface area contributed by atoms with Crippen LogP contribution in [0.15, 0.2) is 59.5 Å². The molecular formula is C26H23F3N4O3. The van der Waals surface area contributed by atoms with Crippen molar-refractivity contribution in [1.29, 1.82) is 0 Å². The van der Waals surface area contributed by atoms with E-state index in [1.807, 2.05) is 12.2 Å². The third-order valence-electron chi connectivity index (χ3n) is 5.60. The van der Waals surface area contributed by atoms with Crippen molar-refractivity contribution in [3.8, 4) is 16.9 Å². The van der Waals surface area contributed by atoms with E-state index < -0.39 is 34.7 Å². The number of nitrogens with zero attached hydrogens (tertiary/aromatic N) is 2. The lowest BCUT2D eigenvalue weighted by Crippen LogP contribution is -2.30. The van der Waals surface area contributed by atoms with Crippen LogP contribution in [0.2, 0.25) is 0 Å². The Labute approximate surface area is 204 Å². The first kappa shape index (κ1) is 24.8. The first-order chi connectivity index (χ1) is 17.3. The van der Waals surface area contributed by atoms with E-state index in [0.717, 1.165) is 6.42 Å². The molecule has 0 spiro atoms. The molecule has 0 saturated heterocycles. The topological polar surface area (TPSA) is 85.2 Å². The van der Waals surface area contributed by atoms with Gasteiger partial charge < -0.3 is 15.4 Å². The highest BCUT2D eigenvalue weighted by atomic mass is 19.1. The van der Waals surface area contributed by atoms with Crippen LogP contribution in [0.5, 0.6) is 5.75 Å². The summed E-state index contributed by atoms with van der Waals surface area (Å²) in [6.45, 7) is 2.32. The molecule has 2 N–H and O–H groups in total. The van der Waals surface area contributed by atoms with Crippen LogP contribution in [0.4, 0.5) is 29.3 Å². The van der Waals surface area contributed by atoms with E-state index in [4.69, 9.17) is 4.74 Å². The number of unbranched alkanes of at least 4 members (excludes halogenated alkanes) is 1. The molecule has 0 atom stereocenters. The maximum Gasteiger partial charge on any atom is 0.324 e. The molecule has 0 aliphatic rings. The summed E-state index contributed by atoms with van der Waals surface area (Å²) in [5.41, 5.74) is -0.143. The molecule has 4 rings (SSSR count). The zero-order chi connectivity index (χ0) is 25.8. The Kier molecular flexibility index (Phi) is 7.23. The molecule has 10 heteroatoms. The average molecular weight is 496 g/mol. The number of halogens is 3. The third-order valence-corrected chi connectivity index (χ3v) is 5.60. The third kappa shape index (κ3) is 4.88. The number of anilines is 2. The molecule has 0 bridgehead atoms. The lowest BCUT2D eigenvalue weighted by atomic mass is 10.00. The molecule has 7 nitrogen and oxygen atoms in total. The number of aromatic nitrogens is 2. The fraction of sp³-hybridized carbons (Fsp3) is 0.192. The lowest BCUT2D eigenvalue weighted by Gasteiger charge is -2.18. The summed E-state index contributed by atoms with van der Waals surface area (Å²) >= 11 is 0. The fourth-order valence-corrected chi connectivity index (χ4v) is 3.92. The number of amides is 2. The van der Waals surface area contributed by atoms with Gasteiger partial charge >= 0.3 is 6.03 Å². The Balaban J connectivity index is 1.89. The predicted octanol–water partition coefficient (Wildman–Crippen LogP) is 5.93. The second-order valence-corrected chi connectivity index (χ2v) is 7.99. The van der Waals surface area contributed by atoms with Gasteiger partial charge in [-0.05, 0) is 36.2 Å². The molecule has 0 unspecified atom stereocenters. The highest BCUT2D eigenvalue weighted by Crippen LogP contribution is 2.34. The number of pyridine rings is 2. The second kappa shape index (κ2) is 10.5. The normalized spacial score (nSPS) is 10.9. The quantitative estimate of drug-likeness (QED) is 0.332. The summed E-state index contributed by atoms with van der Waals surface area (Å²) in [6.07, 6.45) is 3.06. The van der Waals surface area contributed by atoms with Crippen LogP contribution in [0.3, 0.4) is 0 Å². The van der Waals surface area contributed by atoms with Crippen LogP contribution in [0.1, 0.15) is 19.8 Å². The minimum Gasteiger partial charge on any atom is -0.497 e. The Morgan fingerprint density at radius 2 is 1.75 bits per heavy atom. The minimum atomic E-state index is -1.29. The van der Waals surface area contributed by atoms with Crippen LogP contribution in [0, 0.1) is 17.5 Å². The Hall–Kier alpha value is -4.34. The van der Waals surface area contributed by atoms with Crippen molar-refractivity contribution in [2.24, 2.45) is 0 Å². The summed E-state index contributed by atoms with van der Waals surface area (Å²) < 4.78 is 48.3. The number of hydrogen-bond donors (Lipinski definition) is 2. The van der Waals surface area contributed by atoms with Crippen molar-refractivity contribution < 1.29 is 22.7 Å². The molecule has 0 fully saturated rings. The molecule has 2 heterocycles. The van der Waals surface area contributed by atoms with E-state index in [1.54, 1.807) is 42.6 Å². The predicted molar refractivity (Wildman–Crippen MR) is 132 cm³/mol. The number of methoxy groups -OCH3 is 1. The molecule has 2 aromatic heterocycles. The van der Waals surface area contributed by atoms with E-state index in [1.165, 1.54) is 11.7 Å². The maximum absolute atomic E-state index is 14.1. The lowest BCUT2D eigenvalue weighted by molar-refractivity contribution is 0.262. The van der Waals surface area contributed by atoms with Crippen LogP contribution in [-0.2, 0) is 6.54 Å². The standard InChI is InChI=1S/C26H23F3N4O3/c1-3-4-11-33-24-18(9-6-10-30-24)21(15-7-5-8-17(12-15)36-2)23(25(33)34)32-26(35)31-22-19(28)13-16(27)14-20(22)29/h5-10,12-14H,3-4,11H2,1-2H3,(H2,31,32,35). The van der Waals surface area contributed by atoms with Crippen molar-refractivity contribution in [1.82, 2.24) is 9.55 Å². The van der Waals surface area contributed by atoms with Gasteiger partial charge in [0.25, 0.3) is 5.56 Å². The van der Waals surface area contributed by atoms with Gasteiger partial charge in [-0.1, -0.05) is 25.5 Å². The largest absolute Gasteiger partial charge is 0.497 e. The molecule has 186 valence electrons. The van der Waals surface area contributed by atoms with E-state index >= 15 is 0 Å². The van der Waals surface area contributed by atoms with Crippen molar-refractivity contribution in [3.05, 3.63) is 82.5 Å². The first-order valence-corrected chi connectivity index (χ1v) is 11.2. The molecule has 2 aromatic carbocycles. The minimum absolute atomic E-state index is 0.111. The van der Waals surface area contributed by atoms with Gasteiger partial charge in [-0.15, -0.1) is 0 Å². The summed E-state index contributed by atoms with van der Waals surface area (Å²) in [4.78, 5) is 30.9. The molecular weight excluding hydrogens is 473 g/mol. The smallest absolute Gasteiger partial charge is 0.324 e. The van der Waals surface area contributed by atoms with E-state index in [0.29, 0.717) is 53.0 Å². The van der Waals surface area contributed by atoms with Crippen LogP contribution >= 0.6 is 0 Å². The first-order valence-electron chi connectivity index (χ1n) is 11.2. The molecule has 0 aliphatic carbocycles. The van der Waals surface area contributed by atoms with Crippen molar-refractivity contribution in [3.63, 3.8) is 0 Å². The zero-order valence-corrected chi connectivity index (χ0v) is 19.6. The second-order valence-electron chi connectivity index (χ2n) is 7.99. The summed E-state index contributed by atoms with van der Waals surface area (Å²) in [5, 5.41) is 5.08. The van der Waals surface area contributed by atoms with Gasteiger partial charge in [0, 0.05) is 35.8 Å². The summed E-state index contributed by atoms with van der Waals surface area (Å²) in [6, 6.07) is 10.2. The van der Waals surface area contributed by atoms with Crippen molar-refractivity contribution >= 4 is 28.4 Å². The number of urea groups is 1. The molecule has 4 aromatic rings. The van der Waals surface area contributed by atoms with Gasteiger partial charge in [0.15, 0.2) is 11.6 Å². The van der Waals surface area contributed by atoms with E-state index in [9.17, 15) is 22.8 Å². The number of hydrogen-bond acceptors (Lipinski definition) is 4. The molecule has 0 saturated carbocycles. The Morgan fingerprint density at radius 3 is 2.44 bits per heavy atom. The van der Waals surface area contributed by atoms with Gasteiger partial charge in [-0.2, -0.15) is 0 Å². The van der Waals surface area contributed by atoms with Crippen LogP contribution in [-0.4, -0.2) is 22.7 Å². The van der Waals surface area contributed by atoms with Crippen LogP contribution < -0.4 is 20.9 Å². The summed E-state index contributed by atoms with van der Waals surface area (Å²) in [5.74, 6) is -3.19. The molecule has 0 aliphatic heterocycles. The number of carbonyl (C=O) groups excluding carboxylic acids is 1. The van der Waals surface area contributed by atoms with E-state index in [-0.39, 0.29) is 5.69 Å². The highest BCUT2D eigenvalue weighted by Gasteiger charge is 2.22. The monoisotopic (exact) mass is 496 g/mol. The number of aryl methyl sites for hydroxylation is 1. The highest BCUT2D eigenvalue weighted by molar-refractivity contribution is 6.07. The van der Waals surface area contributed by atoms with Gasteiger partial charge in [0.1, 0.15) is 28.6 Å². The fourth-order valence-electron chi connectivity index (χ4n) is 3.92. The van der Waals surface area contributed by atoms with Gasteiger partial charge in [-0.25, -0.2) is 22.9 Å². The SMILES string of the molecule is CCCCn1c(=O)c(NC(=O)Nc2c(F)cc(F)cc2F)c(-c2cccc(OC)c2)c2cccnc21. The van der Waals surface area contributed by atoms with E-state index in [2.05, 4.69) is 10.3 Å². The molecule has 36 heavy (non-hydrogen) atoms. The Morgan fingerprint density at radius 1 is 1.03 bits per heavy atom. The van der Waals surface area contributed by atoms with Crippen molar-refractivity contribution in [2.45, 2.75) is 26.3 Å². The molecule has 2 amide bonds. The number of rotatable bonds is 7. The van der Waals surface area contributed by atoms with Crippen molar-refractivity contribution in [2.75, 3.05) is 17.7 Å². The van der Waals surface area contributed by atoms with Gasteiger partial charge in [0.05, 0.1) is 7.11 Å². The average Bonchev–Trinajstić information content (AvgIpc) is 2.86. The number of ether oxygens (including phenoxy) is 1. The molecule has 0 radical (unpaired) electrons. The number of benzene rings is 2. The Bertz CT molecular complexity index is 1480. The summed E-state index contributed by atoms with van der Waals surface area (Å²) in [7, 11) is 1.50. The van der Waals surface area contributed by atoms with Crippen LogP contribution in [0.25, 0.3) is 22.2 Å². The zero-order valence-electron chi connectivity index (χ0n) is 19.6. The number of fused-ring (bicyclic) bond motifs is 1. The number of carbonyl (C=O) groups is 1. The van der Waals surface area contributed by atoms with Gasteiger partial charge in [0.2, 0.25) is 0 Å². The number of nitrogens with one attached hydrogen (secondary N) is 2. The maximum atomic E-state index is 14.1. The van der Waals surface area contributed by atoms with Gasteiger partial charge in [-0.3, -0.25) is 9.36 Å².